The lowest BCUT2D eigenvalue weighted by Crippen LogP contribution is -2.24. The van der Waals surface area contributed by atoms with E-state index < -0.39 is 23.6 Å². The predicted molar refractivity (Wildman–Crippen MR) is 70.5 cm³/mol. The number of benzene rings is 1. The van der Waals surface area contributed by atoms with Gasteiger partial charge in [-0.3, -0.25) is 4.79 Å². The topological polar surface area (TPSA) is 59.7 Å². The van der Waals surface area contributed by atoms with E-state index in [-0.39, 0.29) is 18.8 Å². The molecule has 1 unspecified atom stereocenters. The molecule has 0 saturated heterocycles. The van der Waals surface area contributed by atoms with Crippen LogP contribution in [0.1, 0.15) is 11.3 Å². The lowest BCUT2D eigenvalue weighted by Gasteiger charge is -2.16. The highest BCUT2D eigenvalue weighted by atomic mass is 19.4. The molecule has 2 aromatic rings. The van der Waals surface area contributed by atoms with Crippen molar-refractivity contribution < 1.29 is 32.2 Å². The maximum atomic E-state index is 12.8. The summed E-state index contributed by atoms with van der Waals surface area (Å²) in [5.74, 6) is -2.13. The van der Waals surface area contributed by atoms with Gasteiger partial charge in [-0.1, -0.05) is 12.1 Å². The number of alkyl halides is 3. The summed E-state index contributed by atoms with van der Waals surface area (Å²) in [7, 11) is 0. The van der Waals surface area contributed by atoms with Crippen molar-refractivity contribution in [3.63, 3.8) is 0 Å². The van der Waals surface area contributed by atoms with Gasteiger partial charge in [0.1, 0.15) is 18.1 Å². The Kier molecular flexibility index (Phi) is 4.75. The summed E-state index contributed by atoms with van der Waals surface area (Å²) in [5, 5.41) is 9.14. The average molecular weight is 314 g/mol. The van der Waals surface area contributed by atoms with Gasteiger partial charge in [0.05, 0.1) is 17.7 Å². The van der Waals surface area contributed by atoms with E-state index in [9.17, 15) is 18.0 Å². The monoisotopic (exact) mass is 314 g/mol. The zero-order valence-electron chi connectivity index (χ0n) is 11.3. The molecule has 1 aromatic carbocycles. The fraction of sp³-hybridized carbons (Fsp3) is 0.267. The molecule has 0 spiro atoms. The zero-order chi connectivity index (χ0) is 16.2. The van der Waals surface area contributed by atoms with Gasteiger partial charge in [0.2, 0.25) is 0 Å². The summed E-state index contributed by atoms with van der Waals surface area (Å²) in [4.78, 5) is 11.2. The highest BCUT2D eigenvalue weighted by molar-refractivity contribution is 5.70. The largest absolute Gasteiger partial charge is 0.492 e. The molecule has 1 heterocycles. The van der Waals surface area contributed by atoms with Crippen LogP contribution in [0.4, 0.5) is 13.2 Å². The zero-order valence-corrected chi connectivity index (χ0v) is 11.3. The van der Waals surface area contributed by atoms with Crippen LogP contribution < -0.4 is 4.74 Å². The first-order valence-corrected chi connectivity index (χ1v) is 6.42. The number of ether oxygens (including phenoxy) is 1. The first kappa shape index (κ1) is 15.9. The van der Waals surface area contributed by atoms with Crippen LogP contribution >= 0.6 is 0 Å². The number of carboxylic acids is 1. The molecule has 4 nitrogen and oxygen atoms in total. The van der Waals surface area contributed by atoms with Crippen molar-refractivity contribution in [2.45, 2.75) is 12.6 Å². The molecule has 0 aliphatic rings. The molecule has 22 heavy (non-hydrogen) atoms. The average Bonchev–Trinajstić information content (AvgIpc) is 2.95. The molecule has 0 aliphatic heterocycles. The number of rotatable bonds is 6. The minimum absolute atomic E-state index is 0.0382. The highest BCUT2D eigenvalue weighted by Gasteiger charge is 2.34. The van der Waals surface area contributed by atoms with Crippen molar-refractivity contribution in [2.24, 2.45) is 5.92 Å². The Morgan fingerprint density at radius 3 is 2.55 bits per heavy atom. The molecule has 0 radical (unpaired) electrons. The molecule has 1 N–H and O–H groups in total. The molecule has 118 valence electrons. The second-order valence-electron chi connectivity index (χ2n) is 4.62. The van der Waals surface area contributed by atoms with Crippen LogP contribution in [-0.2, 0) is 17.4 Å². The van der Waals surface area contributed by atoms with Gasteiger partial charge in [-0.05, 0) is 24.3 Å². The first-order chi connectivity index (χ1) is 10.4. The Bertz CT molecular complexity index is 620. The molecule has 0 fully saturated rings. The third kappa shape index (κ3) is 4.03. The van der Waals surface area contributed by atoms with Crippen molar-refractivity contribution in [3.05, 3.63) is 54.0 Å². The van der Waals surface area contributed by atoms with Crippen LogP contribution in [-0.4, -0.2) is 17.7 Å². The Labute approximate surface area is 124 Å². The van der Waals surface area contributed by atoms with E-state index in [0.717, 1.165) is 12.1 Å². The standard InChI is InChI=1S/C15H13F3O4/c16-15(17,18)12-5-1-2-6-13(12)22-9-10(14(19)20)8-11-4-3-7-21-11/h1-7,10H,8-9H2,(H,19,20). The van der Waals surface area contributed by atoms with E-state index in [1.165, 1.54) is 18.4 Å². The normalized spacial score (nSPS) is 12.9. The Morgan fingerprint density at radius 2 is 1.95 bits per heavy atom. The number of aliphatic carboxylic acids is 1. The van der Waals surface area contributed by atoms with Gasteiger partial charge in [0.25, 0.3) is 0 Å². The first-order valence-electron chi connectivity index (χ1n) is 6.42. The third-order valence-corrected chi connectivity index (χ3v) is 3.01. The SMILES string of the molecule is O=C(O)C(COc1ccccc1C(F)(F)F)Cc1ccco1. The number of halogens is 3. The molecule has 1 aromatic heterocycles. The molecule has 2 rings (SSSR count). The second kappa shape index (κ2) is 6.55. The smallest absolute Gasteiger partial charge is 0.419 e. The highest BCUT2D eigenvalue weighted by Crippen LogP contribution is 2.36. The minimum Gasteiger partial charge on any atom is -0.492 e. The van der Waals surface area contributed by atoms with Crippen molar-refractivity contribution in [3.8, 4) is 5.75 Å². The molecular weight excluding hydrogens is 301 g/mol. The van der Waals surface area contributed by atoms with Crippen LogP contribution in [0.3, 0.4) is 0 Å². The van der Waals surface area contributed by atoms with Crippen molar-refractivity contribution in [1.29, 1.82) is 0 Å². The summed E-state index contributed by atoms with van der Waals surface area (Å²) in [6.45, 7) is -0.386. The van der Waals surface area contributed by atoms with Crippen molar-refractivity contribution in [2.75, 3.05) is 6.61 Å². The summed E-state index contributed by atoms with van der Waals surface area (Å²) in [5.41, 5.74) is -0.933. The van der Waals surface area contributed by atoms with Crippen LogP contribution in [0.5, 0.6) is 5.75 Å². The van der Waals surface area contributed by atoms with Gasteiger partial charge >= 0.3 is 12.1 Å². The third-order valence-electron chi connectivity index (χ3n) is 3.01. The van der Waals surface area contributed by atoms with Gasteiger partial charge in [-0.25, -0.2) is 0 Å². The van der Waals surface area contributed by atoms with E-state index in [0.29, 0.717) is 5.76 Å². The molecule has 7 heteroatoms. The summed E-state index contributed by atoms with van der Waals surface area (Å²) in [6, 6.07) is 7.89. The molecule has 0 saturated carbocycles. The van der Waals surface area contributed by atoms with Crippen LogP contribution in [0.2, 0.25) is 0 Å². The van der Waals surface area contributed by atoms with Crippen LogP contribution in [0.25, 0.3) is 0 Å². The van der Waals surface area contributed by atoms with Gasteiger partial charge in [0, 0.05) is 6.42 Å². The van der Waals surface area contributed by atoms with E-state index >= 15 is 0 Å². The number of hydrogen-bond acceptors (Lipinski definition) is 3. The minimum atomic E-state index is -4.56. The quantitative estimate of drug-likeness (QED) is 0.884. The number of carbonyl (C=O) groups is 1. The van der Waals surface area contributed by atoms with E-state index in [1.54, 1.807) is 12.1 Å². The van der Waals surface area contributed by atoms with Crippen LogP contribution in [0, 0.1) is 5.92 Å². The fourth-order valence-corrected chi connectivity index (χ4v) is 1.91. The number of carboxylic acid groups (broad SMARTS) is 1. The fourth-order valence-electron chi connectivity index (χ4n) is 1.91. The molecule has 1 atom stereocenters. The molecule has 0 bridgehead atoms. The number of hydrogen-bond donors (Lipinski definition) is 1. The van der Waals surface area contributed by atoms with Crippen molar-refractivity contribution in [1.82, 2.24) is 0 Å². The van der Waals surface area contributed by atoms with Gasteiger partial charge < -0.3 is 14.3 Å². The second-order valence-corrected chi connectivity index (χ2v) is 4.62. The van der Waals surface area contributed by atoms with Gasteiger partial charge in [0.15, 0.2) is 0 Å². The molecular formula is C15H13F3O4. The van der Waals surface area contributed by atoms with Crippen molar-refractivity contribution >= 4 is 5.97 Å². The Hall–Kier alpha value is -2.44. The lowest BCUT2D eigenvalue weighted by atomic mass is 10.1. The predicted octanol–water partition coefficient (Wildman–Crippen LogP) is 3.62. The maximum absolute atomic E-state index is 12.8. The lowest BCUT2D eigenvalue weighted by molar-refractivity contribution is -0.143. The maximum Gasteiger partial charge on any atom is 0.419 e. The summed E-state index contributed by atoms with van der Waals surface area (Å²) in [6.07, 6.45) is -3.12. The number of furan rings is 1. The Morgan fingerprint density at radius 1 is 1.23 bits per heavy atom. The van der Waals surface area contributed by atoms with E-state index in [4.69, 9.17) is 14.3 Å². The summed E-state index contributed by atoms with van der Waals surface area (Å²) < 4.78 is 48.6. The van der Waals surface area contributed by atoms with E-state index in [2.05, 4.69) is 0 Å². The van der Waals surface area contributed by atoms with Gasteiger partial charge in [-0.2, -0.15) is 13.2 Å². The number of para-hydroxylation sites is 1. The van der Waals surface area contributed by atoms with E-state index in [1.807, 2.05) is 0 Å². The molecule has 0 aliphatic carbocycles. The van der Waals surface area contributed by atoms with Gasteiger partial charge in [-0.15, -0.1) is 0 Å². The Balaban J connectivity index is 2.08. The van der Waals surface area contributed by atoms with Crippen LogP contribution in [0.15, 0.2) is 47.1 Å². The molecule has 0 amide bonds. The summed E-state index contributed by atoms with van der Waals surface area (Å²) >= 11 is 0.